The number of rotatable bonds is 16. The van der Waals surface area contributed by atoms with E-state index in [1.165, 1.54) is 25.5 Å². The van der Waals surface area contributed by atoms with E-state index in [0.29, 0.717) is 35.3 Å². The smallest absolute Gasteiger partial charge is 0.328 e. The Hall–Kier alpha value is -4.42. The molecule has 0 aliphatic heterocycles. The summed E-state index contributed by atoms with van der Waals surface area (Å²) in [6.07, 6.45) is 5.06. The summed E-state index contributed by atoms with van der Waals surface area (Å²) in [5.74, 6) is 0.294. The van der Waals surface area contributed by atoms with Crippen LogP contribution in [0.2, 0.25) is 0 Å². The molecule has 1 fully saturated rings. The highest BCUT2D eigenvalue weighted by molar-refractivity contribution is 6.12. The SMILES string of the molecule is COC(=O)C(Cc1ccc(OCCCNCC2(Cc3ccccc3)CC2)cc1)Nc1ccccc1C(=O)c1ccccc1. The third-order valence-electron chi connectivity index (χ3n) is 8.03. The van der Waals surface area contributed by atoms with Gasteiger partial charge in [-0.05, 0) is 73.0 Å². The van der Waals surface area contributed by atoms with E-state index >= 15 is 0 Å². The van der Waals surface area contributed by atoms with E-state index in [1.54, 1.807) is 18.2 Å². The molecule has 4 aromatic carbocycles. The van der Waals surface area contributed by atoms with Gasteiger partial charge in [0.05, 0.1) is 13.7 Å². The molecule has 0 bridgehead atoms. The highest BCUT2D eigenvalue weighted by Crippen LogP contribution is 2.47. The van der Waals surface area contributed by atoms with E-state index in [1.807, 2.05) is 60.7 Å². The van der Waals surface area contributed by atoms with E-state index < -0.39 is 12.0 Å². The first kappa shape index (κ1) is 30.1. The lowest BCUT2D eigenvalue weighted by molar-refractivity contribution is -0.141. The highest BCUT2D eigenvalue weighted by Gasteiger charge is 2.41. The molecule has 2 N–H and O–H groups in total. The van der Waals surface area contributed by atoms with Crippen LogP contribution >= 0.6 is 0 Å². The number of carbonyl (C=O) groups is 2. The average molecular weight is 577 g/mol. The van der Waals surface area contributed by atoms with E-state index in [-0.39, 0.29) is 5.78 Å². The highest BCUT2D eigenvalue weighted by atomic mass is 16.5. The van der Waals surface area contributed by atoms with Crippen molar-refractivity contribution in [3.8, 4) is 5.75 Å². The Balaban J connectivity index is 1.09. The fourth-order valence-corrected chi connectivity index (χ4v) is 5.40. The van der Waals surface area contributed by atoms with E-state index in [9.17, 15) is 9.59 Å². The first-order chi connectivity index (χ1) is 21.0. The van der Waals surface area contributed by atoms with Crippen LogP contribution in [0.5, 0.6) is 5.75 Å². The fraction of sp³-hybridized carbons (Fsp3) is 0.297. The molecule has 43 heavy (non-hydrogen) atoms. The molecule has 0 saturated heterocycles. The van der Waals surface area contributed by atoms with Gasteiger partial charge in [0.25, 0.3) is 0 Å². The molecule has 1 atom stereocenters. The van der Waals surface area contributed by atoms with Gasteiger partial charge in [-0.3, -0.25) is 4.79 Å². The molecule has 6 heteroatoms. The molecular weight excluding hydrogens is 536 g/mol. The third kappa shape index (κ3) is 8.55. The third-order valence-corrected chi connectivity index (χ3v) is 8.03. The Morgan fingerprint density at radius 1 is 0.814 bits per heavy atom. The summed E-state index contributed by atoms with van der Waals surface area (Å²) in [4.78, 5) is 25.9. The molecule has 6 nitrogen and oxygen atoms in total. The predicted molar refractivity (Wildman–Crippen MR) is 171 cm³/mol. The zero-order chi connectivity index (χ0) is 29.9. The molecule has 1 saturated carbocycles. The predicted octanol–water partition coefficient (Wildman–Crippen LogP) is 6.50. The summed E-state index contributed by atoms with van der Waals surface area (Å²) in [7, 11) is 1.37. The van der Waals surface area contributed by atoms with Gasteiger partial charge in [-0.15, -0.1) is 0 Å². The molecule has 1 unspecified atom stereocenters. The van der Waals surface area contributed by atoms with Crippen LogP contribution in [0.4, 0.5) is 5.69 Å². The fourth-order valence-electron chi connectivity index (χ4n) is 5.40. The first-order valence-electron chi connectivity index (χ1n) is 15.0. The topological polar surface area (TPSA) is 76.7 Å². The van der Waals surface area contributed by atoms with Crippen molar-refractivity contribution in [1.82, 2.24) is 5.32 Å². The van der Waals surface area contributed by atoms with Gasteiger partial charge in [0.15, 0.2) is 5.78 Å². The molecule has 0 spiro atoms. The van der Waals surface area contributed by atoms with Gasteiger partial charge in [0, 0.05) is 29.8 Å². The Morgan fingerprint density at radius 3 is 2.19 bits per heavy atom. The largest absolute Gasteiger partial charge is 0.494 e. The molecule has 0 amide bonds. The maximum atomic E-state index is 13.2. The number of hydrogen-bond donors (Lipinski definition) is 2. The Morgan fingerprint density at radius 2 is 1.49 bits per heavy atom. The first-order valence-corrected chi connectivity index (χ1v) is 15.0. The molecule has 1 aliphatic rings. The Bertz CT molecular complexity index is 1470. The van der Waals surface area contributed by atoms with Crippen LogP contribution in [0.1, 0.15) is 46.3 Å². The minimum Gasteiger partial charge on any atom is -0.494 e. The monoisotopic (exact) mass is 576 g/mol. The molecular formula is C37H40N2O4. The average Bonchev–Trinajstić information content (AvgIpc) is 3.82. The molecule has 0 heterocycles. The maximum absolute atomic E-state index is 13.2. The standard InChI is InChI=1S/C37H40N2O4/c1-42-36(41)34(39-33-16-9-8-15-32(33)35(40)30-13-6-3-7-14-30)25-28-17-19-31(20-18-28)43-24-10-23-38-27-37(21-22-37)26-29-11-4-2-5-12-29/h2-9,11-20,34,38-39H,10,21-27H2,1H3. The van der Waals surface area contributed by atoms with Gasteiger partial charge in [-0.2, -0.15) is 0 Å². The zero-order valence-electron chi connectivity index (χ0n) is 24.8. The van der Waals surface area contributed by atoms with Crippen molar-refractivity contribution in [1.29, 1.82) is 0 Å². The normalized spacial score (nSPS) is 14.0. The maximum Gasteiger partial charge on any atom is 0.328 e. The summed E-state index contributed by atoms with van der Waals surface area (Å²) < 4.78 is 11.1. The summed E-state index contributed by atoms with van der Waals surface area (Å²) in [6, 6.07) is 34.2. The number of anilines is 1. The van der Waals surface area contributed by atoms with Crippen LogP contribution in [0.25, 0.3) is 0 Å². The molecule has 0 radical (unpaired) electrons. The van der Waals surface area contributed by atoms with Crippen molar-refractivity contribution in [2.45, 2.75) is 38.1 Å². The van der Waals surface area contributed by atoms with Crippen molar-refractivity contribution < 1.29 is 19.1 Å². The number of ketones is 1. The second-order valence-electron chi connectivity index (χ2n) is 11.4. The summed E-state index contributed by atoms with van der Waals surface area (Å²) >= 11 is 0. The van der Waals surface area contributed by atoms with Gasteiger partial charge in [0.1, 0.15) is 11.8 Å². The van der Waals surface area contributed by atoms with E-state index in [2.05, 4.69) is 41.0 Å². The lowest BCUT2D eigenvalue weighted by atomic mass is 9.96. The van der Waals surface area contributed by atoms with Crippen LogP contribution in [0.15, 0.2) is 109 Å². The minimum atomic E-state index is -0.663. The molecule has 1 aliphatic carbocycles. The quantitative estimate of drug-likeness (QED) is 0.0902. The van der Waals surface area contributed by atoms with Crippen molar-refractivity contribution in [3.63, 3.8) is 0 Å². The van der Waals surface area contributed by atoms with Crippen LogP contribution in [0, 0.1) is 5.41 Å². The summed E-state index contributed by atoms with van der Waals surface area (Å²) in [6.45, 7) is 2.61. The van der Waals surface area contributed by atoms with Crippen molar-refractivity contribution in [2.75, 3.05) is 32.1 Å². The van der Waals surface area contributed by atoms with E-state index in [4.69, 9.17) is 9.47 Å². The molecule has 0 aromatic heterocycles. The Kier molecular flexibility index (Phi) is 10.2. The van der Waals surface area contributed by atoms with Gasteiger partial charge in [-0.25, -0.2) is 4.79 Å². The van der Waals surface area contributed by atoms with Gasteiger partial charge in [-0.1, -0.05) is 84.9 Å². The van der Waals surface area contributed by atoms with Crippen molar-refractivity contribution >= 4 is 17.4 Å². The summed E-state index contributed by atoms with van der Waals surface area (Å²) in [5.41, 5.74) is 4.49. The number of carbonyl (C=O) groups excluding carboxylic acids is 2. The number of hydrogen-bond acceptors (Lipinski definition) is 6. The molecule has 222 valence electrons. The minimum absolute atomic E-state index is 0.108. The molecule has 4 aromatic rings. The molecule has 5 rings (SSSR count). The van der Waals surface area contributed by atoms with Crippen LogP contribution in [-0.4, -0.2) is 44.6 Å². The number of nitrogens with one attached hydrogen (secondary N) is 2. The number of benzene rings is 4. The Labute approximate surface area is 254 Å². The number of para-hydroxylation sites is 1. The van der Waals surface area contributed by atoms with E-state index in [0.717, 1.165) is 37.2 Å². The second kappa shape index (κ2) is 14.7. The number of methoxy groups -OCH3 is 1. The number of esters is 1. The lowest BCUT2D eigenvalue weighted by Crippen LogP contribution is -2.33. The zero-order valence-corrected chi connectivity index (χ0v) is 24.8. The lowest BCUT2D eigenvalue weighted by Gasteiger charge is -2.20. The van der Waals surface area contributed by atoms with Gasteiger partial charge < -0.3 is 20.1 Å². The van der Waals surface area contributed by atoms with Crippen LogP contribution < -0.4 is 15.4 Å². The van der Waals surface area contributed by atoms with Crippen LogP contribution in [-0.2, 0) is 22.4 Å². The van der Waals surface area contributed by atoms with Crippen molar-refractivity contribution in [2.24, 2.45) is 5.41 Å². The van der Waals surface area contributed by atoms with Crippen molar-refractivity contribution in [3.05, 3.63) is 131 Å². The number of ether oxygens (including phenoxy) is 2. The second-order valence-corrected chi connectivity index (χ2v) is 11.4. The van der Waals surface area contributed by atoms with Gasteiger partial charge >= 0.3 is 5.97 Å². The van der Waals surface area contributed by atoms with Crippen LogP contribution in [0.3, 0.4) is 0 Å². The van der Waals surface area contributed by atoms with Gasteiger partial charge in [0.2, 0.25) is 0 Å². The summed E-state index contributed by atoms with van der Waals surface area (Å²) in [5, 5.41) is 6.89.